The number of carbonyl (C=O) groups is 1. The van der Waals surface area contributed by atoms with Crippen LogP contribution in [0.2, 0.25) is 0 Å². The number of H-pyrrole nitrogens is 1. The third-order valence-electron chi connectivity index (χ3n) is 3.90. The third-order valence-corrected chi connectivity index (χ3v) is 3.90. The number of Topliss-reactive ketones (excluding diaryl/α,β-unsaturated/α-hetero) is 1. The van der Waals surface area contributed by atoms with Gasteiger partial charge in [-0.1, -0.05) is 48.5 Å². The molecule has 2 heterocycles. The summed E-state index contributed by atoms with van der Waals surface area (Å²) in [4.78, 5) is 20.3. The van der Waals surface area contributed by atoms with Gasteiger partial charge in [0.1, 0.15) is 5.69 Å². The van der Waals surface area contributed by atoms with Crippen LogP contribution in [0.1, 0.15) is 16.1 Å². The molecule has 0 fully saturated rings. The maximum Gasteiger partial charge on any atom is 0.187 e. The molecular formula is C19H14N2O. The van der Waals surface area contributed by atoms with Gasteiger partial charge < -0.3 is 4.98 Å². The van der Waals surface area contributed by atoms with E-state index in [1.54, 1.807) is 6.20 Å². The summed E-state index contributed by atoms with van der Waals surface area (Å²) in [5.41, 5.74) is 3.36. The Balaban J connectivity index is 1.83. The zero-order valence-corrected chi connectivity index (χ0v) is 11.9. The Morgan fingerprint density at radius 3 is 2.55 bits per heavy atom. The molecule has 2 aromatic carbocycles. The van der Waals surface area contributed by atoms with Gasteiger partial charge in [0, 0.05) is 28.9 Å². The number of fused-ring (bicyclic) bond motifs is 3. The molecule has 0 aliphatic heterocycles. The quantitative estimate of drug-likeness (QED) is 0.575. The lowest BCUT2D eigenvalue weighted by atomic mass is 10.1. The predicted molar refractivity (Wildman–Crippen MR) is 88.1 cm³/mol. The van der Waals surface area contributed by atoms with Gasteiger partial charge in [0.2, 0.25) is 0 Å². The molecule has 2 aromatic heterocycles. The number of rotatable bonds is 3. The Morgan fingerprint density at radius 1 is 0.909 bits per heavy atom. The van der Waals surface area contributed by atoms with E-state index in [1.165, 1.54) is 0 Å². The van der Waals surface area contributed by atoms with Crippen LogP contribution in [0.15, 0.2) is 66.9 Å². The number of pyridine rings is 1. The van der Waals surface area contributed by atoms with Gasteiger partial charge in [-0.15, -0.1) is 0 Å². The van der Waals surface area contributed by atoms with Crippen LogP contribution in [0.5, 0.6) is 0 Å². The van der Waals surface area contributed by atoms with Gasteiger partial charge in [0.05, 0.1) is 5.52 Å². The first-order valence-corrected chi connectivity index (χ1v) is 7.25. The van der Waals surface area contributed by atoms with Gasteiger partial charge in [-0.2, -0.15) is 0 Å². The molecule has 1 N–H and O–H groups in total. The van der Waals surface area contributed by atoms with Gasteiger partial charge in [-0.3, -0.25) is 9.78 Å². The first kappa shape index (κ1) is 12.8. The molecule has 0 atom stereocenters. The van der Waals surface area contributed by atoms with Crippen LogP contribution in [0.3, 0.4) is 0 Å². The maximum absolute atomic E-state index is 12.6. The number of benzene rings is 2. The van der Waals surface area contributed by atoms with E-state index in [9.17, 15) is 4.79 Å². The summed E-state index contributed by atoms with van der Waals surface area (Å²) < 4.78 is 0. The van der Waals surface area contributed by atoms with Crippen LogP contribution < -0.4 is 0 Å². The van der Waals surface area contributed by atoms with Crippen LogP contribution in [-0.4, -0.2) is 15.8 Å². The minimum Gasteiger partial charge on any atom is -0.353 e. The highest BCUT2D eigenvalue weighted by atomic mass is 16.1. The average Bonchev–Trinajstić information content (AvgIpc) is 2.94. The number of nitrogens with one attached hydrogen (secondary N) is 1. The average molecular weight is 286 g/mol. The van der Waals surface area contributed by atoms with Crippen molar-refractivity contribution >= 4 is 27.6 Å². The molecular weight excluding hydrogens is 272 g/mol. The minimum absolute atomic E-state index is 0.0309. The van der Waals surface area contributed by atoms with Crippen LogP contribution in [-0.2, 0) is 6.42 Å². The summed E-state index contributed by atoms with van der Waals surface area (Å²) >= 11 is 0. The van der Waals surface area contributed by atoms with Crippen LogP contribution >= 0.6 is 0 Å². The highest BCUT2D eigenvalue weighted by molar-refractivity contribution is 6.14. The molecule has 0 amide bonds. The molecule has 0 saturated heterocycles. The van der Waals surface area contributed by atoms with Crippen molar-refractivity contribution in [2.45, 2.75) is 6.42 Å². The number of hydrogen-bond donors (Lipinski definition) is 1. The van der Waals surface area contributed by atoms with Gasteiger partial charge in [0.15, 0.2) is 5.78 Å². The normalized spacial score (nSPS) is 11.1. The van der Waals surface area contributed by atoms with E-state index >= 15 is 0 Å². The summed E-state index contributed by atoms with van der Waals surface area (Å²) in [7, 11) is 0. The third kappa shape index (κ3) is 2.07. The summed E-state index contributed by atoms with van der Waals surface area (Å²) in [6.07, 6.45) is 2.07. The van der Waals surface area contributed by atoms with Gasteiger partial charge in [-0.05, 0) is 17.7 Å². The molecule has 0 bridgehead atoms. The van der Waals surface area contributed by atoms with Crippen LogP contribution in [0.4, 0.5) is 0 Å². The van der Waals surface area contributed by atoms with E-state index in [0.717, 1.165) is 27.4 Å². The fourth-order valence-electron chi connectivity index (χ4n) is 2.85. The second-order valence-electron chi connectivity index (χ2n) is 5.34. The van der Waals surface area contributed by atoms with Crippen molar-refractivity contribution in [3.05, 3.63) is 78.1 Å². The zero-order valence-electron chi connectivity index (χ0n) is 11.9. The molecule has 106 valence electrons. The number of hydrogen-bond acceptors (Lipinski definition) is 2. The summed E-state index contributed by atoms with van der Waals surface area (Å²) in [6, 6.07) is 19.8. The molecule has 3 heteroatoms. The Kier molecular flexibility index (Phi) is 2.97. The SMILES string of the molecule is O=C(Cc1ccccc1)c1nccc2c1[nH]c1ccccc12. The minimum atomic E-state index is 0.0309. The number of aromatic amines is 1. The van der Waals surface area contributed by atoms with Crippen molar-refractivity contribution < 1.29 is 4.79 Å². The fraction of sp³-hybridized carbons (Fsp3) is 0.0526. The second kappa shape index (κ2) is 5.11. The van der Waals surface area contributed by atoms with Crippen molar-refractivity contribution in [3.63, 3.8) is 0 Å². The highest BCUT2D eigenvalue weighted by Gasteiger charge is 2.15. The molecule has 0 aliphatic carbocycles. The van der Waals surface area contributed by atoms with E-state index in [4.69, 9.17) is 0 Å². The van der Waals surface area contributed by atoms with Crippen molar-refractivity contribution in [3.8, 4) is 0 Å². The van der Waals surface area contributed by atoms with Crippen LogP contribution in [0.25, 0.3) is 21.8 Å². The second-order valence-corrected chi connectivity index (χ2v) is 5.34. The Hall–Kier alpha value is -2.94. The molecule has 4 aromatic rings. The molecule has 0 saturated carbocycles. The monoisotopic (exact) mass is 286 g/mol. The molecule has 0 unspecified atom stereocenters. The Bertz CT molecular complexity index is 970. The molecule has 4 rings (SSSR count). The fourth-order valence-corrected chi connectivity index (χ4v) is 2.85. The molecule has 0 aliphatic rings. The van der Waals surface area contributed by atoms with Crippen LogP contribution in [0, 0.1) is 0 Å². The zero-order chi connectivity index (χ0) is 14.9. The van der Waals surface area contributed by atoms with Crippen molar-refractivity contribution in [1.82, 2.24) is 9.97 Å². The van der Waals surface area contributed by atoms with Gasteiger partial charge in [-0.25, -0.2) is 0 Å². The van der Waals surface area contributed by atoms with E-state index in [-0.39, 0.29) is 5.78 Å². The lowest BCUT2D eigenvalue weighted by Gasteiger charge is -2.02. The van der Waals surface area contributed by atoms with Gasteiger partial charge >= 0.3 is 0 Å². The number of ketones is 1. The summed E-state index contributed by atoms with van der Waals surface area (Å²) in [5.74, 6) is 0.0309. The molecule has 0 radical (unpaired) electrons. The largest absolute Gasteiger partial charge is 0.353 e. The lowest BCUT2D eigenvalue weighted by Crippen LogP contribution is -2.06. The van der Waals surface area contributed by atoms with Crippen molar-refractivity contribution in [2.75, 3.05) is 0 Å². The molecule has 22 heavy (non-hydrogen) atoms. The first-order chi connectivity index (χ1) is 10.8. The summed E-state index contributed by atoms with van der Waals surface area (Å²) in [5, 5.41) is 2.16. The number of para-hydroxylation sites is 1. The van der Waals surface area contributed by atoms with Gasteiger partial charge in [0.25, 0.3) is 0 Å². The van der Waals surface area contributed by atoms with Crippen molar-refractivity contribution in [1.29, 1.82) is 0 Å². The first-order valence-electron chi connectivity index (χ1n) is 7.25. The molecule has 0 spiro atoms. The Morgan fingerprint density at radius 2 is 1.68 bits per heavy atom. The lowest BCUT2D eigenvalue weighted by molar-refractivity contribution is 0.0990. The molecule has 3 nitrogen and oxygen atoms in total. The maximum atomic E-state index is 12.6. The Labute approximate surface area is 127 Å². The number of carbonyl (C=O) groups excluding carboxylic acids is 1. The van der Waals surface area contributed by atoms with E-state index in [0.29, 0.717) is 12.1 Å². The summed E-state index contributed by atoms with van der Waals surface area (Å²) in [6.45, 7) is 0. The van der Waals surface area contributed by atoms with E-state index in [2.05, 4.69) is 16.0 Å². The highest BCUT2D eigenvalue weighted by Crippen LogP contribution is 2.26. The standard InChI is InChI=1S/C19H14N2O/c22-17(12-13-6-2-1-3-7-13)19-18-15(10-11-20-19)14-8-4-5-9-16(14)21-18/h1-11,21H,12H2. The number of aromatic nitrogens is 2. The van der Waals surface area contributed by atoms with E-state index in [1.807, 2.05) is 54.6 Å². The topological polar surface area (TPSA) is 45.8 Å². The predicted octanol–water partition coefficient (Wildman–Crippen LogP) is 4.14. The smallest absolute Gasteiger partial charge is 0.187 e. The van der Waals surface area contributed by atoms with Crippen molar-refractivity contribution in [2.24, 2.45) is 0 Å². The van der Waals surface area contributed by atoms with E-state index < -0.39 is 0 Å². The number of nitrogens with zero attached hydrogens (tertiary/aromatic N) is 1.